The Labute approximate surface area is 107 Å². The highest BCUT2D eigenvalue weighted by atomic mass is 14.8. The minimum absolute atomic E-state index is 1.07. The van der Waals surface area contributed by atoms with Crippen LogP contribution < -0.4 is 5.32 Å². The Hall–Kier alpha value is -0.0400. The van der Waals surface area contributed by atoms with E-state index in [0.29, 0.717) is 0 Å². The average Bonchev–Trinajstić information content (AvgIpc) is 2.33. The van der Waals surface area contributed by atoms with Gasteiger partial charge in [-0.25, -0.2) is 0 Å². The number of hydrogen-bond acceptors (Lipinski definition) is 1. The van der Waals surface area contributed by atoms with Gasteiger partial charge in [-0.1, -0.05) is 88.0 Å². The van der Waals surface area contributed by atoms with Crippen LogP contribution in [-0.2, 0) is 0 Å². The summed E-state index contributed by atoms with van der Waals surface area (Å²) in [7, 11) is 1.93. The van der Waals surface area contributed by atoms with E-state index in [4.69, 9.17) is 0 Å². The van der Waals surface area contributed by atoms with Crippen molar-refractivity contribution >= 4 is 0 Å². The van der Waals surface area contributed by atoms with Crippen molar-refractivity contribution in [3.05, 3.63) is 0 Å². The standard InChI is InChI=1S/C4H10.C3H9N.2C3H8.C2H6/c2*1-3-4-2;2*1-3-2;1-2/h3-4H2,1-2H3;4H,3H2,1-2H3;2*3H2,1-2H3;1-2H3. The van der Waals surface area contributed by atoms with Crippen LogP contribution >= 0.6 is 0 Å². The molecule has 0 aromatic carbocycles. The van der Waals surface area contributed by atoms with Crippen molar-refractivity contribution in [2.24, 2.45) is 0 Å². The molecule has 0 radical (unpaired) electrons. The maximum atomic E-state index is 2.93. The van der Waals surface area contributed by atoms with Gasteiger partial charge in [0.2, 0.25) is 0 Å². The van der Waals surface area contributed by atoms with Gasteiger partial charge < -0.3 is 5.32 Å². The monoisotopic (exact) mass is 235 g/mol. The van der Waals surface area contributed by atoms with Crippen molar-refractivity contribution in [3.63, 3.8) is 0 Å². The summed E-state index contributed by atoms with van der Waals surface area (Å²) in [6.07, 6.45) is 5.14. The lowest BCUT2D eigenvalue weighted by Gasteiger charge is -1.76. The molecule has 0 aliphatic carbocycles. The zero-order valence-electron chi connectivity index (χ0n) is 14.0. The molecule has 0 aliphatic heterocycles. The maximum Gasteiger partial charge on any atom is -0.00804 e. The lowest BCUT2D eigenvalue weighted by atomic mass is 10.4. The van der Waals surface area contributed by atoms with Gasteiger partial charge in [0.25, 0.3) is 0 Å². The van der Waals surface area contributed by atoms with Gasteiger partial charge in [-0.05, 0) is 13.6 Å². The molecular formula is C15H41N. The van der Waals surface area contributed by atoms with Crippen LogP contribution in [0.15, 0.2) is 0 Å². The Kier molecular flexibility index (Phi) is 153. The molecule has 0 rings (SSSR count). The third-order valence-electron chi connectivity index (χ3n) is 0.854. The molecule has 0 saturated carbocycles. The second kappa shape index (κ2) is 82.1. The quantitative estimate of drug-likeness (QED) is 0.629. The molecule has 16 heavy (non-hydrogen) atoms. The van der Waals surface area contributed by atoms with Crippen LogP contribution in [0.4, 0.5) is 0 Å². The van der Waals surface area contributed by atoms with Crippen LogP contribution in [0.3, 0.4) is 0 Å². The van der Waals surface area contributed by atoms with Crippen LogP contribution in [0, 0.1) is 0 Å². The Morgan fingerprint density at radius 2 is 0.750 bits per heavy atom. The van der Waals surface area contributed by atoms with Gasteiger partial charge in [-0.2, -0.15) is 0 Å². The summed E-state index contributed by atoms with van der Waals surface area (Å²) in [4.78, 5) is 0. The molecule has 0 fully saturated rings. The van der Waals surface area contributed by atoms with E-state index in [1.54, 1.807) is 0 Å². The van der Waals surface area contributed by atoms with Crippen LogP contribution in [0.2, 0.25) is 0 Å². The topological polar surface area (TPSA) is 12.0 Å². The molecule has 0 heterocycles. The smallest absolute Gasteiger partial charge is 0.00804 e. The molecule has 1 heteroatoms. The highest BCUT2D eigenvalue weighted by molar-refractivity contribution is 4.15. The fourth-order valence-corrected chi connectivity index (χ4v) is 0. The van der Waals surface area contributed by atoms with Gasteiger partial charge in [-0.3, -0.25) is 0 Å². The van der Waals surface area contributed by atoms with Crippen molar-refractivity contribution in [3.8, 4) is 0 Å². The predicted molar refractivity (Wildman–Crippen MR) is 83.5 cm³/mol. The zero-order chi connectivity index (χ0) is 14.2. The predicted octanol–water partition coefficient (Wildman–Crippen LogP) is 5.89. The second-order valence-electron chi connectivity index (χ2n) is 3.12. The molecule has 0 aromatic rings. The molecule has 0 saturated heterocycles. The van der Waals surface area contributed by atoms with Crippen molar-refractivity contribution in [2.45, 2.75) is 88.0 Å². The summed E-state index contributed by atoms with van der Waals surface area (Å²) in [5.41, 5.74) is 0. The minimum atomic E-state index is 1.07. The molecule has 0 aromatic heterocycles. The highest BCUT2D eigenvalue weighted by Crippen LogP contribution is 1.76. The lowest BCUT2D eigenvalue weighted by molar-refractivity contribution is 0.864. The lowest BCUT2D eigenvalue weighted by Crippen LogP contribution is -2.01. The number of rotatable bonds is 2. The number of unbranched alkanes of at least 4 members (excludes halogenated alkanes) is 1. The van der Waals surface area contributed by atoms with Gasteiger partial charge in [0.15, 0.2) is 0 Å². The fourth-order valence-electron chi connectivity index (χ4n) is 0. The molecule has 106 valence electrons. The van der Waals surface area contributed by atoms with Crippen LogP contribution in [-0.4, -0.2) is 13.6 Å². The van der Waals surface area contributed by atoms with E-state index in [1.807, 2.05) is 20.9 Å². The first-order valence-electron chi connectivity index (χ1n) is 7.30. The van der Waals surface area contributed by atoms with Gasteiger partial charge in [0.05, 0.1) is 0 Å². The minimum Gasteiger partial charge on any atom is -0.320 e. The SMILES string of the molecule is CC.CCC.CCC.CCCC.CCNC. The number of nitrogens with one attached hydrogen (secondary N) is 1. The van der Waals surface area contributed by atoms with Gasteiger partial charge in [-0.15, -0.1) is 0 Å². The zero-order valence-corrected chi connectivity index (χ0v) is 14.0. The molecule has 0 amide bonds. The molecule has 1 N–H and O–H groups in total. The van der Waals surface area contributed by atoms with E-state index in [9.17, 15) is 0 Å². The number of hydrogen-bond donors (Lipinski definition) is 1. The first-order valence-corrected chi connectivity index (χ1v) is 7.30. The van der Waals surface area contributed by atoms with Gasteiger partial charge in [0.1, 0.15) is 0 Å². The third kappa shape index (κ3) is 610. The molecule has 0 aliphatic rings. The fraction of sp³-hybridized carbons (Fsp3) is 1.00. The van der Waals surface area contributed by atoms with E-state index >= 15 is 0 Å². The molecule has 1 nitrogen and oxygen atoms in total. The molecule has 0 bridgehead atoms. The summed E-state index contributed by atoms with van der Waals surface area (Å²) in [5.74, 6) is 0. The first kappa shape index (κ1) is 29.7. The first-order chi connectivity index (χ1) is 7.66. The molecule has 0 unspecified atom stereocenters. The van der Waals surface area contributed by atoms with Crippen molar-refractivity contribution in [1.29, 1.82) is 0 Å². The van der Waals surface area contributed by atoms with Crippen molar-refractivity contribution in [1.82, 2.24) is 5.32 Å². The summed E-state index contributed by atoms with van der Waals surface area (Å²) >= 11 is 0. The van der Waals surface area contributed by atoms with Gasteiger partial charge in [0, 0.05) is 0 Å². The highest BCUT2D eigenvalue weighted by Gasteiger charge is 1.56. The summed E-state index contributed by atoms with van der Waals surface area (Å²) < 4.78 is 0. The average molecular weight is 235 g/mol. The summed E-state index contributed by atoms with van der Waals surface area (Å²) in [6, 6.07) is 0. The van der Waals surface area contributed by atoms with Crippen molar-refractivity contribution in [2.75, 3.05) is 13.6 Å². The van der Waals surface area contributed by atoms with Crippen LogP contribution in [0.5, 0.6) is 0 Å². The van der Waals surface area contributed by atoms with E-state index in [0.717, 1.165) is 6.54 Å². The largest absolute Gasteiger partial charge is 0.320 e. The normalized spacial score (nSPS) is 6.38. The van der Waals surface area contributed by atoms with Crippen LogP contribution in [0.1, 0.15) is 88.0 Å². The van der Waals surface area contributed by atoms with E-state index < -0.39 is 0 Å². The Morgan fingerprint density at radius 3 is 0.750 bits per heavy atom. The second-order valence-corrected chi connectivity index (χ2v) is 3.12. The van der Waals surface area contributed by atoms with E-state index in [2.05, 4.69) is 53.8 Å². The van der Waals surface area contributed by atoms with Crippen LogP contribution in [0.25, 0.3) is 0 Å². The maximum absolute atomic E-state index is 2.93. The summed E-state index contributed by atoms with van der Waals surface area (Å²) in [5, 5.41) is 2.93. The van der Waals surface area contributed by atoms with E-state index in [-0.39, 0.29) is 0 Å². The molecule has 0 spiro atoms. The molecule has 0 atom stereocenters. The molecular weight excluding hydrogens is 194 g/mol. The Bertz CT molecular complexity index is 26.4. The van der Waals surface area contributed by atoms with Gasteiger partial charge >= 0.3 is 0 Å². The Morgan fingerprint density at radius 1 is 0.625 bits per heavy atom. The van der Waals surface area contributed by atoms with Crippen molar-refractivity contribution < 1.29 is 0 Å². The summed E-state index contributed by atoms with van der Waals surface area (Å²) in [6.45, 7) is 20.0. The van der Waals surface area contributed by atoms with E-state index in [1.165, 1.54) is 25.7 Å². The Balaban J connectivity index is -0.0000000322. The third-order valence-corrected chi connectivity index (χ3v) is 0.854.